The zero-order chi connectivity index (χ0) is 22.6. The number of rotatable bonds is 12. The van der Waals surface area contributed by atoms with E-state index in [2.05, 4.69) is 31.7 Å². The fourth-order valence-corrected chi connectivity index (χ4v) is 3.90. The van der Waals surface area contributed by atoms with E-state index < -0.39 is 12.0 Å². The molecule has 1 amide bonds. The minimum Gasteiger partial charge on any atom is -0.483 e. The molecule has 1 heterocycles. The van der Waals surface area contributed by atoms with Gasteiger partial charge in [-0.3, -0.25) is 4.79 Å². The largest absolute Gasteiger partial charge is 0.483 e. The van der Waals surface area contributed by atoms with Crippen LogP contribution in [0.2, 0.25) is 0 Å². The van der Waals surface area contributed by atoms with Crippen molar-refractivity contribution in [2.24, 2.45) is 5.73 Å². The van der Waals surface area contributed by atoms with Crippen LogP contribution in [0.1, 0.15) is 69.6 Å². The van der Waals surface area contributed by atoms with Gasteiger partial charge in [-0.05, 0) is 70.1 Å². The first kappa shape index (κ1) is 24.9. The molecule has 170 valence electrons. The topological polar surface area (TPSA) is 81.8 Å². The summed E-state index contributed by atoms with van der Waals surface area (Å²) in [5, 5.41) is 10.2. The lowest BCUT2D eigenvalue weighted by Gasteiger charge is -2.32. The Morgan fingerprint density at radius 3 is 2.81 bits per heavy atom. The van der Waals surface area contributed by atoms with E-state index in [1.54, 1.807) is 0 Å². The second-order valence-corrected chi connectivity index (χ2v) is 8.36. The molecule has 31 heavy (non-hydrogen) atoms. The number of hydrogen-bond donors (Lipinski definition) is 2. The van der Waals surface area contributed by atoms with Crippen LogP contribution in [0.4, 0.5) is 0 Å². The number of unbranched alkanes of at least 4 members (excludes halogenated alkanes) is 3. The Bertz CT molecular complexity index is 774. The number of primary amides is 1. The van der Waals surface area contributed by atoms with Gasteiger partial charge in [-0.1, -0.05) is 42.5 Å². The second-order valence-electron chi connectivity index (χ2n) is 8.36. The monoisotopic (exact) mass is 427 g/mol. The molecule has 0 bridgehead atoms. The zero-order valence-corrected chi connectivity index (χ0v) is 18.9. The first-order chi connectivity index (χ1) is 14.9. The third kappa shape index (κ3) is 9.11. The average molecular weight is 428 g/mol. The summed E-state index contributed by atoms with van der Waals surface area (Å²) in [6.45, 7) is 7.61. The van der Waals surface area contributed by atoms with Crippen LogP contribution in [0.5, 0.6) is 5.75 Å². The highest BCUT2D eigenvalue weighted by Crippen LogP contribution is 2.37. The standard InChI is InChI=1S/C26H37NO4/c1-4-5-6-7-8-9-10-11-19(2)14-21-12-13-24(30-18-26(27)29)23(16-21)25-17-22(28)15-20(3)31-25/h4-6,11-13,16,20,22,25,28H,1,7-10,14-15,17-18H2,2-3H3,(H2,27,29)/b6-5-,19-11+. The van der Waals surface area contributed by atoms with Gasteiger partial charge >= 0.3 is 0 Å². The lowest BCUT2D eigenvalue weighted by Crippen LogP contribution is -2.30. The maximum absolute atomic E-state index is 11.2. The van der Waals surface area contributed by atoms with Crippen molar-refractivity contribution in [2.45, 2.75) is 77.1 Å². The Hall–Kier alpha value is -2.37. The van der Waals surface area contributed by atoms with Crippen LogP contribution in [-0.2, 0) is 16.0 Å². The van der Waals surface area contributed by atoms with Gasteiger partial charge in [-0.25, -0.2) is 0 Å². The normalized spacial score (nSPS) is 21.9. The number of amides is 1. The minimum absolute atomic E-state index is 0.0376. The van der Waals surface area contributed by atoms with Crippen LogP contribution >= 0.6 is 0 Å². The van der Waals surface area contributed by atoms with E-state index in [1.807, 2.05) is 31.2 Å². The van der Waals surface area contributed by atoms with Crippen LogP contribution < -0.4 is 10.5 Å². The summed E-state index contributed by atoms with van der Waals surface area (Å²) in [7, 11) is 0. The predicted octanol–water partition coefficient (Wildman–Crippen LogP) is 4.94. The fourth-order valence-electron chi connectivity index (χ4n) is 3.90. The lowest BCUT2D eigenvalue weighted by molar-refractivity contribution is -0.120. The van der Waals surface area contributed by atoms with Crippen LogP contribution in [0.15, 0.2) is 54.7 Å². The molecule has 0 aliphatic carbocycles. The van der Waals surface area contributed by atoms with Gasteiger partial charge in [-0.2, -0.15) is 0 Å². The predicted molar refractivity (Wildman–Crippen MR) is 125 cm³/mol. The molecule has 1 fully saturated rings. The van der Waals surface area contributed by atoms with Crippen molar-refractivity contribution in [1.82, 2.24) is 0 Å². The van der Waals surface area contributed by atoms with Crippen molar-refractivity contribution < 1.29 is 19.4 Å². The molecular weight excluding hydrogens is 390 g/mol. The molecule has 0 saturated carbocycles. The first-order valence-corrected chi connectivity index (χ1v) is 11.2. The van der Waals surface area contributed by atoms with E-state index in [-0.39, 0.29) is 18.8 Å². The molecule has 1 aliphatic heterocycles. The molecule has 2 rings (SSSR count). The highest BCUT2D eigenvalue weighted by Gasteiger charge is 2.29. The van der Waals surface area contributed by atoms with Crippen LogP contribution in [0, 0.1) is 0 Å². The summed E-state index contributed by atoms with van der Waals surface area (Å²) >= 11 is 0. The SMILES string of the molecule is C=C/C=C\CCCC/C=C(\C)Cc1ccc(OCC(N)=O)c(C2CC(O)CC(C)O2)c1. The summed E-state index contributed by atoms with van der Waals surface area (Å²) in [5.41, 5.74) is 8.59. The molecule has 3 N–H and O–H groups in total. The maximum Gasteiger partial charge on any atom is 0.255 e. The van der Waals surface area contributed by atoms with E-state index in [4.69, 9.17) is 15.2 Å². The van der Waals surface area contributed by atoms with Gasteiger partial charge in [0.2, 0.25) is 0 Å². The number of nitrogens with two attached hydrogens (primary N) is 1. The number of carbonyl (C=O) groups excluding carboxylic acids is 1. The Morgan fingerprint density at radius 1 is 1.32 bits per heavy atom. The van der Waals surface area contributed by atoms with Crippen molar-refractivity contribution in [3.05, 3.63) is 65.8 Å². The molecule has 5 nitrogen and oxygen atoms in total. The highest BCUT2D eigenvalue weighted by molar-refractivity contribution is 5.75. The number of benzene rings is 1. The number of aliphatic hydroxyl groups excluding tert-OH is 1. The van der Waals surface area contributed by atoms with Gasteiger partial charge in [0.25, 0.3) is 5.91 Å². The van der Waals surface area contributed by atoms with Crippen LogP contribution in [0.25, 0.3) is 0 Å². The summed E-state index contributed by atoms with van der Waals surface area (Å²) in [5.74, 6) is 0.0646. The molecule has 1 aromatic carbocycles. The van der Waals surface area contributed by atoms with E-state index in [0.29, 0.717) is 18.6 Å². The van der Waals surface area contributed by atoms with Crippen molar-refractivity contribution >= 4 is 5.91 Å². The molecule has 3 atom stereocenters. The molecule has 0 aromatic heterocycles. The van der Waals surface area contributed by atoms with E-state index >= 15 is 0 Å². The van der Waals surface area contributed by atoms with E-state index in [0.717, 1.165) is 36.8 Å². The van der Waals surface area contributed by atoms with Gasteiger partial charge < -0.3 is 20.3 Å². The van der Waals surface area contributed by atoms with Gasteiger partial charge in [0, 0.05) is 12.0 Å². The zero-order valence-electron chi connectivity index (χ0n) is 18.9. The molecular formula is C26H37NO4. The summed E-state index contributed by atoms with van der Waals surface area (Å²) < 4.78 is 11.7. The number of allylic oxidation sites excluding steroid dienone is 5. The van der Waals surface area contributed by atoms with Crippen LogP contribution in [-0.4, -0.2) is 29.8 Å². The van der Waals surface area contributed by atoms with Gasteiger partial charge in [0.1, 0.15) is 5.75 Å². The number of hydrogen-bond acceptors (Lipinski definition) is 4. The molecule has 3 unspecified atom stereocenters. The van der Waals surface area contributed by atoms with E-state index in [1.165, 1.54) is 12.0 Å². The molecule has 5 heteroatoms. The Morgan fingerprint density at radius 2 is 2.10 bits per heavy atom. The molecule has 0 spiro atoms. The number of carbonyl (C=O) groups is 1. The van der Waals surface area contributed by atoms with Crippen molar-refractivity contribution in [3.8, 4) is 5.75 Å². The average Bonchev–Trinajstić information content (AvgIpc) is 2.71. The Labute approximate surface area is 186 Å². The quantitative estimate of drug-likeness (QED) is 0.281. The third-order valence-electron chi connectivity index (χ3n) is 5.35. The van der Waals surface area contributed by atoms with Crippen molar-refractivity contribution in [2.75, 3.05) is 6.61 Å². The molecule has 1 saturated heterocycles. The Kier molecular flexibility index (Phi) is 10.5. The minimum atomic E-state index is -0.522. The molecule has 0 radical (unpaired) electrons. The van der Waals surface area contributed by atoms with Gasteiger partial charge in [0.15, 0.2) is 6.61 Å². The second kappa shape index (κ2) is 13.1. The van der Waals surface area contributed by atoms with Gasteiger partial charge in [0.05, 0.1) is 18.3 Å². The summed E-state index contributed by atoms with van der Waals surface area (Å²) in [4.78, 5) is 11.2. The van der Waals surface area contributed by atoms with Crippen molar-refractivity contribution in [1.29, 1.82) is 0 Å². The third-order valence-corrected chi connectivity index (χ3v) is 5.35. The maximum atomic E-state index is 11.2. The highest BCUT2D eigenvalue weighted by atomic mass is 16.5. The molecule has 1 aromatic rings. The number of aliphatic hydroxyl groups is 1. The summed E-state index contributed by atoms with van der Waals surface area (Å²) in [6, 6.07) is 5.96. The first-order valence-electron chi connectivity index (χ1n) is 11.2. The molecule has 1 aliphatic rings. The smallest absolute Gasteiger partial charge is 0.255 e. The van der Waals surface area contributed by atoms with Crippen molar-refractivity contribution in [3.63, 3.8) is 0 Å². The van der Waals surface area contributed by atoms with Gasteiger partial charge in [-0.15, -0.1) is 0 Å². The van der Waals surface area contributed by atoms with E-state index in [9.17, 15) is 9.90 Å². The lowest BCUT2D eigenvalue weighted by atomic mass is 9.93. The fraction of sp³-hybridized carbons (Fsp3) is 0.500. The Balaban J connectivity index is 2.06. The summed E-state index contributed by atoms with van der Waals surface area (Å²) in [6.07, 6.45) is 14.0. The van der Waals surface area contributed by atoms with Crippen LogP contribution in [0.3, 0.4) is 0 Å². The number of ether oxygens (including phenoxy) is 2.